The summed E-state index contributed by atoms with van der Waals surface area (Å²) in [7, 11) is 0. The average Bonchev–Trinajstić information content (AvgIpc) is 3.13. The van der Waals surface area contributed by atoms with Crippen molar-refractivity contribution >= 4 is 5.69 Å². The lowest BCUT2D eigenvalue weighted by Gasteiger charge is -2.08. The van der Waals surface area contributed by atoms with Crippen molar-refractivity contribution in [1.82, 2.24) is 14.5 Å². The number of anilines is 1. The molecule has 0 saturated carbocycles. The Morgan fingerprint density at radius 2 is 2.19 bits per heavy atom. The molecule has 3 aromatic heterocycles. The van der Waals surface area contributed by atoms with Gasteiger partial charge in [0.15, 0.2) is 11.6 Å². The monoisotopic (exact) mass is 282 g/mol. The fraction of sp³-hybridized carbons (Fsp3) is 0.250. The Labute approximate surface area is 123 Å². The Balaban J connectivity index is 1.56. The van der Waals surface area contributed by atoms with Gasteiger partial charge < -0.3 is 14.3 Å². The number of pyridine rings is 1. The second-order valence-corrected chi connectivity index (χ2v) is 4.88. The van der Waals surface area contributed by atoms with E-state index in [0.29, 0.717) is 0 Å². The summed E-state index contributed by atoms with van der Waals surface area (Å²) in [6.45, 7) is 3.72. The number of aromatic nitrogens is 3. The Bertz CT molecular complexity index is 687. The Hall–Kier alpha value is -2.56. The van der Waals surface area contributed by atoms with Crippen LogP contribution in [0.15, 0.2) is 53.5 Å². The van der Waals surface area contributed by atoms with Crippen molar-refractivity contribution in [2.24, 2.45) is 0 Å². The minimum atomic E-state index is 0.817. The van der Waals surface area contributed by atoms with Crippen molar-refractivity contribution in [2.45, 2.75) is 19.9 Å². The highest BCUT2D eigenvalue weighted by Gasteiger charge is 2.09. The lowest BCUT2D eigenvalue weighted by molar-refractivity contribution is 0.536. The minimum absolute atomic E-state index is 0.817. The third-order valence-corrected chi connectivity index (χ3v) is 3.24. The smallest absolute Gasteiger partial charge is 0.176 e. The van der Waals surface area contributed by atoms with Crippen molar-refractivity contribution in [3.63, 3.8) is 0 Å². The molecule has 0 aliphatic rings. The summed E-state index contributed by atoms with van der Waals surface area (Å²) < 4.78 is 7.75. The molecule has 1 N–H and O–H groups in total. The molecule has 0 unspecified atom stereocenters. The predicted molar refractivity (Wildman–Crippen MR) is 82.0 cm³/mol. The van der Waals surface area contributed by atoms with Gasteiger partial charge in [0.2, 0.25) is 0 Å². The van der Waals surface area contributed by atoms with Crippen LogP contribution < -0.4 is 5.32 Å². The fourth-order valence-electron chi connectivity index (χ4n) is 2.22. The first kappa shape index (κ1) is 13.4. The summed E-state index contributed by atoms with van der Waals surface area (Å²) in [5.74, 6) is 2.60. The molecule has 3 rings (SSSR count). The average molecular weight is 282 g/mol. The number of rotatable bonds is 6. The van der Waals surface area contributed by atoms with Crippen LogP contribution in [0.1, 0.15) is 12.2 Å². The maximum Gasteiger partial charge on any atom is 0.176 e. The van der Waals surface area contributed by atoms with Gasteiger partial charge in [-0.05, 0) is 37.6 Å². The third kappa shape index (κ3) is 3.31. The van der Waals surface area contributed by atoms with Gasteiger partial charge in [0.1, 0.15) is 5.76 Å². The number of aryl methyl sites for hydroxylation is 2. The summed E-state index contributed by atoms with van der Waals surface area (Å²) in [5, 5.41) is 3.35. The highest BCUT2D eigenvalue weighted by molar-refractivity contribution is 5.47. The number of imidazole rings is 1. The van der Waals surface area contributed by atoms with Crippen LogP contribution >= 0.6 is 0 Å². The van der Waals surface area contributed by atoms with Gasteiger partial charge in [-0.1, -0.05) is 0 Å². The van der Waals surface area contributed by atoms with E-state index in [4.69, 9.17) is 4.42 Å². The van der Waals surface area contributed by atoms with Gasteiger partial charge in [0.25, 0.3) is 0 Å². The van der Waals surface area contributed by atoms with Crippen molar-refractivity contribution in [3.05, 3.63) is 54.8 Å². The molecule has 0 radical (unpaired) electrons. The molecule has 0 spiro atoms. The first-order valence-electron chi connectivity index (χ1n) is 7.05. The Morgan fingerprint density at radius 1 is 1.24 bits per heavy atom. The molecular weight excluding hydrogens is 264 g/mol. The molecule has 0 bridgehead atoms. The molecule has 0 aliphatic heterocycles. The van der Waals surface area contributed by atoms with Gasteiger partial charge in [-0.2, -0.15) is 0 Å². The summed E-state index contributed by atoms with van der Waals surface area (Å²) in [5.41, 5.74) is 1.05. The van der Waals surface area contributed by atoms with Gasteiger partial charge in [-0.3, -0.25) is 4.98 Å². The SMILES string of the molecule is Cc1ccc(-c2nccn2CCCNc2cccnc2)o1. The zero-order chi connectivity index (χ0) is 14.5. The predicted octanol–water partition coefficient (Wildman–Crippen LogP) is 3.35. The Kier molecular flexibility index (Phi) is 4.00. The van der Waals surface area contributed by atoms with Crippen LogP contribution in [-0.2, 0) is 6.54 Å². The van der Waals surface area contributed by atoms with Crippen molar-refractivity contribution in [1.29, 1.82) is 0 Å². The Morgan fingerprint density at radius 3 is 2.95 bits per heavy atom. The summed E-state index contributed by atoms with van der Waals surface area (Å²) in [4.78, 5) is 8.45. The van der Waals surface area contributed by atoms with Gasteiger partial charge in [0.05, 0.1) is 5.69 Å². The molecule has 21 heavy (non-hydrogen) atoms. The molecule has 108 valence electrons. The second-order valence-electron chi connectivity index (χ2n) is 4.88. The molecule has 0 aromatic carbocycles. The summed E-state index contributed by atoms with van der Waals surface area (Å²) >= 11 is 0. The van der Waals surface area contributed by atoms with E-state index in [1.807, 2.05) is 49.8 Å². The molecule has 0 saturated heterocycles. The molecule has 5 heteroatoms. The highest BCUT2D eigenvalue weighted by Crippen LogP contribution is 2.20. The summed E-state index contributed by atoms with van der Waals surface area (Å²) in [6, 6.07) is 7.86. The molecular formula is C16H18N4O. The standard InChI is InChI=1S/C16H18N4O/c1-13-5-6-15(21-13)16-19-9-11-20(16)10-3-8-18-14-4-2-7-17-12-14/h2,4-7,9,11-12,18H,3,8,10H2,1H3. The van der Waals surface area contributed by atoms with Crippen LogP contribution in [0.4, 0.5) is 5.69 Å². The van der Waals surface area contributed by atoms with Crippen molar-refractivity contribution < 1.29 is 4.42 Å². The highest BCUT2D eigenvalue weighted by atomic mass is 16.3. The first-order chi connectivity index (χ1) is 10.3. The third-order valence-electron chi connectivity index (χ3n) is 3.24. The first-order valence-corrected chi connectivity index (χ1v) is 7.05. The van der Waals surface area contributed by atoms with E-state index in [2.05, 4.69) is 19.9 Å². The van der Waals surface area contributed by atoms with Gasteiger partial charge in [0, 0.05) is 37.9 Å². The molecule has 5 nitrogen and oxygen atoms in total. The van der Waals surface area contributed by atoms with Crippen LogP contribution in [0.5, 0.6) is 0 Å². The zero-order valence-corrected chi connectivity index (χ0v) is 12.0. The van der Waals surface area contributed by atoms with E-state index in [-0.39, 0.29) is 0 Å². The lowest BCUT2D eigenvalue weighted by Crippen LogP contribution is -2.07. The van der Waals surface area contributed by atoms with Crippen LogP contribution in [0.2, 0.25) is 0 Å². The number of nitrogens with zero attached hydrogens (tertiary/aromatic N) is 3. The molecule has 3 aromatic rings. The maximum atomic E-state index is 5.64. The van der Waals surface area contributed by atoms with Gasteiger partial charge >= 0.3 is 0 Å². The van der Waals surface area contributed by atoms with Crippen LogP contribution in [0.3, 0.4) is 0 Å². The number of furan rings is 1. The van der Waals surface area contributed by atoms with E-state index < -0.39 is 0 Å². The maximum absolute atomic E-state index is 5.64. The molecule has 0 aliphatic carbocycles. The van der Waals surface area contributed by atoms with Crippen LogP contribution in [0.25, 0.3) is 11.6 Å². The van der Waals surface area contributed by atoms with Crippen LogP contribution in [0, 0.1) is 6.92 Å². The van der Waals surface area contributed by atoms with E-state index in [1.54, 1.807) is 6.20 Å². The van der Waals surface area contributed by atoms with Crippen LogP contribution in [-0.4, -0.2) is 21.1 Å². The van der Waals surface area contributed by atoms with Gasteiger partial charge in [-0.15, -0.1) is 0 Å². The minimum Gasteiger partial charge on any atom is -0.458 e. The second kappa shape index (κ2) is 6.26. The fourth-order valence-corrected chi connectivity index (χ4v) is 2.22. The quantitative estimate of drug-likeness (QED) is 0.704. The van der Waals surface area contributed by atoms with E-state index in [0.717, 1.165) is 42.5 Å². The lowest BCUT2D eigenvalue weighted by atomic mass is 10.3. The summed E-state index contributed by atoms with van der Waals surface area (Å²) in [6.07, 6.45) is 8.39. The number of nitrogens with one attached hydrogen (secondary N) is 1. The zero-order valence-electron chi connectivity index (χ0n) is 12.0. The van der Waals surface area contributed by atoms with E-state index in [9.17, 15) is 0 Å². The molecule has 0 amide bonds. The van der Waals surface area contributed by atoms with Crippen molar-refractivity contribution in [3.8, 4) is 11.6 Å². The molecule has 0 atom stereocenters. The number of hydrogen-bond donors (Lipinski definition) is 1. The molecule has 0 fully saturated rings. The molecule has 3 heterocycles. The van der Waals surface area contributed by atoms with Crippen molar-refractivity contribution in [2.75, 3.05) is 11.9 Å². The van der Waals surface area contributed by atoms with E-state index in [1.165, 1.54) is 0 Å². The van der Waals surface area contributed by atoms with Gasteiger partial charge in [-0.25, -0.2) is 4.98 Å². The number of hydrogen-bond acceptors (Lipinski definition) is 4. The normalized spacial score (nSPS) is 10.7. The topological polar surface area (TPSA) is 55.9 Å². The van der Waals surface area contributed by atoms with E-state index >= 15 is 0 Å². The largest absolute Gasteiger partial charge is 0.458 e.